The van der Waals surface area contributed by atoms with Gasteiger partial charge in [-0.25, -0.2) is 0 Å². The first kappa shape index (κ1) is 12.3. The van der Waals surface area contributed by atoms with Crippen LogP contribution in [-0.2, 0) is 7.05 Å². The highest BCUT2D eigenvalue weighted by Gasteiger charge is 2.21. The van der Waals surface area contributed by atoms with Crippen molar-refractivity contribution in [2.45, 2.75) is 13.8 Å². The summed E-state index contributed by atoms with van der Waals surface area (Å²) in [7, 11) is 1.70. The van der Waals surface area contributed by atoms with Crippen LogP contribution in [0.5, 0.6) is 0 Å². The third-order valence-corrected chi connectivity index (χ3v) is 3.62. The van der Waals surface area contributed by atoms with Gasteiger partial charge in [0.1, 0.15) is 5.69 Å². The lowest BCUT2D eigenvalue weighted by atomic mass is 10.3. The molecule has 0 fully saturated rings. The lowest BCUT2D eigenvalue weighted by Crippen LogP contribution is -2.19. The third kappa shape index (κ3) is 1.91. The van der Waals surface area contributed by atoms with Crippen LogP contribution in [0.25, 0.3) is 0 Å². The molecule has 0 amide bonds. The van der Waals surface area contributed by atoms with E-state index in [2.05, 4.69) is 26.1 Å². The molecule has 0 bridgehead atoms. The van der Waals surface area contributed by atoms with Gasteiger partial charge in [0.25, 0.3) is 5.91 Å². The van der Waals surface area contributed by atoms with Gasteiger partial charge >= 0.3 is 0 Å². The minimum Gasteiger partial charge on any atom is -0.265 e. The van der Waals surface area contributed by atoms with Crippen LogP contribution in [0.4, 0.5) is 0 Å². The van der Waals surface area contributed by atoms with Gasteiger partial charge in [0, 0.05) is 7.05 Å². The normalized spacial score (nSPS) is 10.9. The Morgan fingerprint density at radius 1 is 1.47 bits per heavy atom. The Balaban J connectivity index is 2.55. The number of halogens is 2. The van der Waals surface area contributed by atoms with E-state index >= 15 is 0 Å². The molecule has 7 heteroatoms. The summed E-state index contributed by atoms with van der Waals surface area (Å²) in [6, 6.07) is 0. The van der Waals surface area contributed by atoms with Crippen LogP contribution < -0.4 is 0 Å². The summed E-state index contributed by atoms with van der Waals surface area (Å²) in [4.78, 5) is 12.3. The van der Waals surface area contributed by atoms with E-state index in [-0.39, 0.29) is 5.91 Å². The minimum absolute atomic E-state index is 0.260. The lowest BCUT2D eigenvalue weighted by molar-refractivity contribution is 0.0932. The van der Waals surface area contributed by atoms with Crippen molar-refractivity contribution < 1.29 is 4.79 Å². The predicted octanol–water partition coefficient (Wildman–Crippen LogP) is 2.34. The van der Waals surface area contributed by atoms with Gasteiger partial charge in [0.2, 0.25) is 0 Å². The zero-order valence-electron chi connectivity index (χ0n) is 9.53. The third-order valence-electron chi connectivity index (χ3n) is 2.49. The molecule has 0 unspecified atom stereocenters. The maximum atomic E-state index is 12.3. The lowest BCUT2D eigenvalue weighted by Gasteiger charge is -2.04. The summed E-state index contributed by atoms with van der Waals surface area (Å²) < 4.78 is 3.42. The molecule has 5 nitrogen and oxygen atoms in total. The van der Waals surface area contributed by atoms with Gasteiger partial charge in [0.15, 0.2) is 0 Å². The number of carbonyl (C=O) groups excluding carboxylic acids is 1. The van der Waals surface area contributed by atoms with Gasteiger partial charge < -0.3 is 0 Å². The van der Waals surface area contributed by atoms with E-state index in [1.165, 1.54) is 9.36 Å². The van der Waals surface area contributed by atoms with Crippen LogP contribution in [0.15, 0.2) is 10.7 Å². The average Bonchev–Trinajstić information content (AvgIpc) is 2.73. The Hall–Kier alpha value is -1.14. The summed E-state index contributed by atoms with van der Waals surface area (Å²) in [6.07, 6.45) is 1.57. The van der Waals surface area contributed by atoms with Gasteiger partial charge in [-0.05, 0) is 29.8 Å². The van der Waals surface area contributed by atoms with Crippen LogP contribution in [0.2, 0.25) is 5.02 Å². The number of hydrogen-bond acceptors (Lipinski definition) is 3. The average molecular weight is 318 g/mol. The molecular weight excluding hydrogens is 307 g/mol. The van der Waals surface area contributed by atoms with Gasteiger partial charge in [-0.3, -0.25) is 9.48 Å². The molecule has 0 N–H and O–H groups in total. The quantitative estimate of drug-likeness (QED) is 0.811. The molecule has 17 heavy (non-hydrogen) atoms. The summed E-state index contributed by atoms with van der Waals surface area (Å²) in [6.45, 7) is 3.52. The zero-order chi connectivity index (χ0) is 12.7. The maximum absolute atomic E-state index is 12.3. The standard InChI is InChI=1S/C10H10BrClN4O/c1-5-8(12)6(2)16(14-5)10(17)9-7(11)4-13-15(9)3/h4H,1-3H3. The van der Waals surface area contributed by atoms with E-state index in [9.17, 15) is 4.79 Å². The van der Waals surface area contributed by atoms with E-state index in [1.807, 2.05) is 0 Å². The Morgan fingerprint density at radius 2 is 2.12 bits per heavy atom. The molecule has 2 aromatic heterocycles. The molecule has 0 aliphatic heterocycles. The highest BCUT2D eigenvalue weighted by molar-refractivity contribution is 9.10. The van der Waals surface area contributed by atoms with Gasteiger partial charge in [0.05, 0.1) is 27.1 Å². The molecule has 0 saturated carbocycles. The van der Waals surface area contributed by atoms with Crippen molar-refractivity contribution in [2.75, 3.05) is 0 Å². The van der Waals surface area contributed by atoms with Crippen LogP contribution in [0, 0.1) is 13.8 Å². The molecule has 0 aliphatic carbocycles. The van der Waals surface area contributed by atoms with Crippen LogP contribution in [-0.4, -0.2) is 25.5 Å². The van der Waals surface area contributed by atoms with Crippen molar-refractivity contribution in [1.82, 2.24) is 19.6 Å². The minimum atomic E-state index is -0.260. The second-order valence-corrected chi connectivity index (χ2v) is 4.90. The van der Waals surface area contributed by atoms with Crippen molar-refractivity contribution in [1.29, 1.82) is 0 Å². The smallest absolute Gasteiger partial charge is 0.265 e. The molecular formula is C10H10BrClN4O. The SMILES string of the molecule is Cc1nn(C(=O)c2c(Br)cnn2C)c(C)c1Cl. The largest absolute Gasteiger partial charge is 0.297 e. The molecule has 0 spiro atoms. The number of hydrogen-bond donors (Lipinski definition) is 0. The molecule has 0 aromatic carbocycles. The monoisotopic (exact) mass is 316 g/mol. The number of aryl methyl sites for hydroxylation is 2. The molecule has 0 aliphatic rings. The topological polar surface area (TPSA) is 52.7 Å². The number of aromatic nitrogens is 4. The molecule has 2 rings (SSSR count). The van der Waals surface area contributed by atoms with Gasteiger partial charge in [-0.15, -0.1) is 0 Å². The molecule has 2 heterocycles. The summed E-state index contributed by atoms with van der Waals surface area (Å²) >= 11 is 9.30. The fourth-order valence-electron chi connectivity index (χ4n) is 1.57. The number of carbonyl (C=O) groups is 1. The first-order chi connectivity index (χ1) is 7.93. The van der Waals surface area contributed by atoms with E-state index < -0.39 is 0 Å². The second-order valence-electron chi connectivity index (χ2n) is 3.67. The summed E-state index contributed by atoms with van der Waals surface area (Å²) in [5, 5.41) is 8.63. The molecule has 2 aromatic rings. The van der Waals surface area contributed by atoms with Crippen molar-refractivity contribution >= 4 is 33.4 Å². The highest BCUT2D eigenvalue weighted by atomic mass is 79.9. The molecule has 0 saturated heterocycles. The molecule has 0 atom stereocenters. The van der Waals surface area contributed by atoms with Crippen molar-refractivity contribution in [2.24, 2.45) is 7.05 Å². The van der Waals surface area contributed by atoms with Crippen LogP contribution in [0.3, 0.4) is 0 Å². The number of rotatable bonds is 1. The Bertz CT molecular complexity index is 582. The van der Waals surface area contributed by atoms with Gasteiger partial charge in [-0.2, -0.15) is 14.9 Å². The fraction of sp³-hybridized carbons (Fsp3) is 0.300. The predicted molar refractivity (Wildman–Crippen MR) is 67.3 cm³/mol. The van der Waals surface area contributed by atoms with Crippen molar-refractivity contribution in [3.63, 3.8) is 0 Å². The van der Waals surface area contributed by atoms with Gasteiger partial charge in [-0.1, -0.05) is 11.6 Å². The van der Waals surface area contributed by atoms with Crippen LogP contribution >= 0.6 is 27.5 Å². The summed E-state index contributed by atoms with van der Waals surface area (Å²) in [5.41, 5.74) is 1.70. The van der Waals surface area contributed by atoms with Crippen molar-refractivity contribution in [3.05, 3.63) is 32.8 Å². The molecule has 90 valence electrons. The first-order valence-electron chi connectivity index (χ1n) is 4.87. The Morgan fingerprint density at radius 3 is 2.53 bits per heavy atom. The Kier molecular flexibility index (Phi) is 3.09. The number of nitrogens with zero attached hydrogens (tertiary/aromatic N) is 4. The van der Waals surface area contributed by atoms with E-state index in [0.717, 1.165) is 0 Å². The van der Waals surface area contributed by atoms with E-state index in [0.29, 0.717) is 26.6 Å². The molecule has 0 radical (unpaired) electrons. The highest BCUT2D eigenvalue weighted by Crippen LogP contribution is 2.22. The maximum Gasteiger partial charge on any atom is 0.297 e. The fourth-order valence-corrected chi connectivity index (χ4v) is 2.21. The van der Waals surface area contributed by atoms with Crippen LogP contribution in [0.1, 0.15) is 21.9 Å². The van der Waals surface area contributed by atoms with Crippen molar-refractivity contribution in [3.8, 4) is 0 Å². The second kappa shape index (κ2) is 4.27. The Labute approximate surface area is 111 Å². The first-order valence-corrected chi connectivity index (χ1v) is 6.04. The summed E-state index contributed by atoms with van der Waals surface area (Å²) in [5.74, 6) is -0.260. The van der Waals surface area contributed by atoms with E-state index in [1.54, 1.807) is 27.1 Å². The van der Waals surface area contributed by atoms with E-state index in [4.69, 9.17) is 11.6 Å². The zero-order valence-corrected chi connectivity index (χ0v) is 11.9.